The molecule has 1 N–H and O–H groups in total. The van der Waals surface area contributed by atoms with Crippen molar-refractivity contribution in [1.29, 1.82) is 0 Å². The van der Waals surface area contributed by atoms with Gasteiger partial charge in [0.15, 0.2) is 0 Å². The first-order valence-corrected chi connectivity index (χ1v) is 9.20. The van der Waals surface area contributed by atoms with Crippen molar-refractivity contribution in [3.8, 4) is 0 Å². The summed E-state index contributed by atoms with van der Waals surface area (Å²) in [4.78, 5) is 19.4. The molecule has 1 aliphatic heterocycles. The van der Waals surface area contributed by atoms with Crippen LogP contribution in [-0.4, -0.2) is 62.5 Å². The number of aromatic nitrogens is 2. The highest BCUT2D eigenvalue weighted by atomic mass is 16.5. The van der Waals surface area contributed by atoms with E-state index in [1.165, 1.54) is 0 Å². The van der Waals surface area contributed by atoms with E-state index in [4.69, 9.17) is 14.5 Å². The Bertz CT molecular complexity index is 723. The lowest BCUT2D eigenvalue weighted by molar-refractivity contribution is -0.125. The van der Waals surface area contributed by atoms with Gasteiger partial charge in [-0.2, -0.15) is 0 Å². The molecule has 26 heavy (non-hydrogen) atoms. The zero-order chi connectivity index (χ0) is 18.4. The molecule has 0 atom stereocenters. The number of fused-ring (bicyclic) bond motifs is 1. The summed E-state index contributed by atoms with van der Waals surface area (Å²) in [5.41, 5.74) is 2.12. The Morgan fingerprint density at radius 3 is 2.65 bits per heavy atom. The van der Waals surface area contributed by atoms with Gasteiger partial charge in [0.1, 0.15) is 0 Å². The Labute approximate surface area is 154 Å². The topological polar surface area (TPSA) is 68.6 Å². The summed E-state index contributed by atoms with van der Waals surface area (Å²) in [7, 11) is 3.35. The maximum absolute atomic E-state index is 12.2. The molecule has 1 aliphatic rings. The fraction of sp³-hybridized carbons (Fsp3) is 0.579. The van der Waals surface area contributed by atoms with Crippen LogP contribution in [0, 0.1) is 5.92 Å². The number of anilines is 1. The highest BCUT2D eigenvalue weighted by Crippen LogP contribution is 2.27. The van der Waals surface area contributed by atoms with Gasteiger partial charge >= 0.3 is 0 Å². The van der Waals surface area contributed by atoms with E-state index in [-0.39, 0.29) is 11.8 Å². The lowest BCUT2D eigenvalue weighted by Crippen LogP contribution is -2.42. The maximum atomic E-state index is 12.2. The normalized spacial score (nSPS) is 15.5. The third-order valence-corrected chi connectivity index (χ3v) is 4.91. The number of hydrogen-bond acceptors (Lipinski definition) is 5. The van der Waals surface area contributed by atoms with Crippen LogP contribution in [0.2, 0.25) is 0 Å². The number of hydrogen-bond donors (Lipinski definition) is 1. The molecule has 1 amide bonds. The molecular formula is C19H28N4O3. The van der Waals surface area contributed by atoms with E-state index in [1.807, 2.05) is 18.2 Å². The van der Waals surface area contributed by atoms with Crippen molar-refractivity contribution in [3.63, 3.8) is 0 Å². The van der Waals surface area contributed by atoms with E-state index in [2.05, 4.69) is 20.9 Å². The van der Waals surface area contributed by atoms with Crippen LogP contribution in [0.15, 0.2) is 24.3 Å². The number of ether oxygens (including phenoxy) is 2. The molecule has 7 nitrogen and oxygen atoms in total. The van der Waals surface area contributed by atoms with Crippen molar-refractivity contribution >= 4 is 22.9 Å². The van der Waals surface area contributed by atoms with Crippen molar-refractivity contribution in [1.82, 2.24) is 14.9 Å². The molecule has 1 aromatic heterocycles. The highest BCUT2D eigenvalue weighted by Gasteiger charge is 2.27. The summed E-state index contributed by atoms with van der Waals surface area (Å²) in [5.74, 6) is 1.18. The third-order valence-electron chi connectivity index (χ3n) is 4.91. The number of nitrogens with zero attached hydrogens (tertiary/aromatic N) is 3. The lowest BCUT2D eigenvalue weighted by atomic mass is 9.96. The largest absolute Gasteiger partial charge is 0.383 e. The van der Waals surface area contributed by atoms with Crippen molar-refractivity contribution in [2.75, 3.05) is 52.0 Å². The predicted molar refractivity (Wildman–Crippen MR) is 101 cm³/mol. The molecule has 1 saturated heterocycles. The van der Waals surface area contributed by atoms with Crippen LogP contribution < -0.4 is 10.2 Å². The quantitative estimate of drug-likeness (QED) is 0.725. The van der Waals surface area contributed by atoms with Crippen LogP contribution >= 0.6 is 0 Å². The molecule has 0 radical (unpaired) electrons. The summed E-state index contributed by atoms with van der Waals surface area (Å²) in [6.07, 6.45) is 1.68. The number of imidazole rings is 1. The van der Waals surface area contributed by atoms with Crippen LogP contribution in [0.3, 0.4) is 0 Å². The standard InChI is InChI=1S/C19H28N4O3/c1-25-13-9-20-18(24)15-7-10-22(11-8-15)19-21-16-5-3-4-6-17(16)23(19)12-14-26-2/h3-6,15H,7-14H2,1-2H3,(H,20,24). The van der Waals surface area contributed by atoms with Gasteiger partial charge in [-0.3, -0.25) is 4.79 Å². The minimum absolute atomic E-state index is 0.0694. The van der Waals surface area contributed by atoms with Gasteiger partial charge in [0.25, 0.3) is 0 Å². The molecule has 3 rings (SSSR count). The number of benzene rings is 1. The molecule has 1 aromatic carbocycles. The molecule has 0 bridgehead atoms. The molecule has 142 valence electrons. The zero-order valence-corrected chi connectivity index (χ0v) is 15.6. The van der Waals surface area contributed by atoms with Crippen LogP contribution in [0.4, 0.5) is 5.95 Å². The Hall–Kier alpha value is -2.12. The van der Waals surface area contributed by atoms with Crippen molar-refractivity contribution in [2.24, 2.45) is 5.92 Å². The second-order valence-corrected chi connectivity index (χ2v) is 6.59. The first kappa shape index (κ1) is 18.7. The van der Waals surface area contributed by atoms with E-state index < -0.39 is 0 Å². The second-order valence-electron chi connectivity index (χ2n) is 6.59. The summed E-state index contributed by atoms with van der Waals surface area (Å²) in [6, 6.07) is 8.18. The Balaban J connectivity index is 1.68. The van der Waals surface area contributed by atoms with Gasteiger partial charge in [0.2, 0.25) is 11.9 Å². The van der Waals surface area contributed by atoms with Crippen LogP contribution in [-0.2, 0) is 20.8 Å². The van der Waals surface area contributed by atoms with E-state index in [9.17, 15) is 4.79 Å². The van der Waals surface area contributed by atoms with Gasteiger partial charge in [0.05, 0.1) is 24.2 Å². The fourth-order valence-corrected chi connectivity index (χ4v) is 3.47. The molecule has 2 aromatic rings. The van der Waals surface area contributed by atoms with E-state index in [0.29, 0.717) is 19.8 Å². The smallest absolute Gasteiger partial charge is 0.223 e. The number of piperidine rings is 1. The summed E-state index contributed by atoms with van der Waals surface area (Å²) in [5, 5.41) is 2.95. The Morgan fingerprint density at radius 1 is 1.19 bits per heavy atom. The van der Waals surface area contributed by atoms with Gasteiger partial charge < -0.3 is 24.3 Å². The second kappa shape index (κ2) is 9.00. The van der Waals surface area contributed by atoms with Crippen molar-refractivity contribution in [2.45, 2.75) is 19.4 Å². The average molecular weight is 360 g/mol. The molecule has 0 unspecified atom stereocenters. The molecule has 0 aliphatic carbocycles. The minimum atomic E-state index is 0.0694. The molecule has 7 heteroatoms. The van der Waals surface area contributed by atoms with Gasteiger partial charge in [-0.25, -0.2) is 4.98 Å². The Kier molecular flexibility index (Phi) is 6.46. The fourth-order valence-electron chi connectivity index (χ4n) is 3.47. The third kappa shape index (κ3) is 4.16. The van der Waals surface area contributed by atoms with Crippen LogP contribution in [0.5, 0.6) is 0 Å². The lowest BCUT2D eigenvalue weighted by Gasteiger charge is -2.32. The highest BCUT2D eigenvalue weighted by molar-refractivity contribution is 5.80. The van der Waals surface area contributed by atoms with E-state index in [1.54, 1.807) is 14.2 Å². The minimum Gasteiger partial charge on any atom is -0.383 e. The number of amides is 1. The molecule has 0 saturated carbocycles. The number of carbonyl (C=O) groups is 1. The van der Waals surface area contributed by atoms with Crippen molar-refractivity contribution in [3.05, 3.63) is 24.3 Å². The van der Waals surface area contributed by atoms with E-state index >= 15 is 0 Å². The number of para-hydroxylation sites is 2. The monoisotopic (exact) mass is 360 g/mol. The molecule has 1 fully saturated rings. The molecule has 0 spiro atoms. The number of methoxy groups -OCH3 is 2. The van der Waals surface area contributed by atoms with Gasteiger partial charge in [-0.05, 0) is 25.0 Å². The van der Waals surface area contributed by atoms with Crippen molar-refractivity contribution < 1.29 is 14.3 Å². The van der Waals surface area contributed by atoms with Gasteiger partial charge in [0, 0.05) is 46.3 Å². The first-order valence-electron chi connectivity index (χ1n) is 9.20. The Morgan fingerprint density at radius 2 is 1.92 bits per heavy atom. The molecule has 2 heterocycles. The van der Waals surface area contributed by atoms with Gasteiger partial charge in [-0.15, -0.1) is 0 Å². The molecular weight excluding hydrogens is 332 g/mol. The summed E-state index contributed by atoms with van der Waals surface area (Å²) in [6.45, 7) is 4.20. The zero-order valence-electron chi connectivity index (χ0n) is 15.6. The van der Waals surface area contributed by atoms with Crippen LogP contribution in [0.1, 0.15) is 12.8 Å². The number of nitrogens with one attached hydrogen (secondary N) is 1. The first-order chi connectivity index (χ1) is 12.7. The predicted octanol–water partition coefficient (Wildman–Crippen LogP) is 1.66. The van der Waals surface area contributed by atoms with E-state index in [0.717, 1.165) is 49.5 Å². The number of carbonyl (C=O) groups excluding carboxylic acids is 1. The number of rotatable bonds is 8. The summed E-state index contributed by atoms with van der Waals surface area (Å²) < 4.78 is 12.5. The average Bonchev–Trinajstić information content (AvgIpc) is 3.05. The van der Waals surface area contributed by atoms with Gasteiger partial charge in [-0.1, -0.05) is 12.1 Å². The summed E-state index contributed by atoms with van der Waals surface area (Å²) >= 11 is 0. The maximum Gasteiger partial charge on any atom is 0.223 e. The SMILES string of the molecule is COCCNC(=O)C1CCN(c2nc3ccccc3n2CCOC)CC1. The van der Waals surface area contributed by atoms with Crippen LogP contribution in [0.25, 0.3) is 11.0 Å².